The minimum atomic E-state index is 0.138. The van der Waals surface area contributed by atoms with E-state index in [1.807, 2.05) is 12.1 Å². The van der Waals surface area contributed by atoms with E-state index in [0.29, 0.717) is 0 Å². The molecular formula is C18H27N3O. The van der Waals surface area contributed by atoms with Crippen LogP contribution in [-0.2, 0) is 0 Å². The maximum Gasteiger partial charge on any atom is 0.159 e. The molecule has 4 heteroatoms. The molecule has 2 aliphatic heterocycles. The standard InChI is InChI=1S/C18H27N3O/c1-15(22)16-3-5-17(6-4-16)20-11-13-21(14-12-20)18-7-9-19(2)10-8-18/h3-6,18H,7-14H2,1-2H3. The Hall–Kier alpha value is -1.39. The van der Waals surface area contributed by atoms with E-state index in [1.165, 1.54) is 31.6 Å². The number of piperazine rings is 1. The topological polar surface area (TPSA) is 26.8 Å². The number of rotatable bonds is 3. The average Bonchev–Trinajstić information content (AvgIpc) is 2.56. The zero-order valence-corrected chi connectivity index (χ0v) is 13.8. The molecule has 0 spiro atoms. The van der Waals surface area contributed by atoms with Crippen LogP contribution in [0.3, 0.4) is 0 Å². The van der Waals surface area contributed by atoms with Gasteiger partial charge in [-0.3, -0.25) is 9.69 Å². The Morgan fingerprint density at radius 1 is 0.955 bits per heavy atom. The zero-order valence-electron chi connectivity index (χ0n) is 13.8. The van der Waals surface area contributed by atoms with Crippen molar-refractivity contribution in [2.45, 2.75) is 25.8 Å². The molecule has 2 heterocycles. The number of benzene rings is 1. The average molecular weight is 301 g/mol. The fourth-order valence-electron chi connectivity index (χ4n) is 3.61. The van der Waals surface area contributed by atoms with Crippen LogP contribution in [-0.4, -0.2) is 67.9 Å². The predicted octanol–water partition coefficient (Wildman–Crippen LogP) is 2.11. The van der Waals surface area contributed by atoms with E-state index in [-0.39, 0.29) is 5.78 Å². The lowest BCUT2D eigenvalue weighted by molar-refractivity contribution is 0.101. The molecule has 4 nitrogen and oxygen atoms in total. The number of hydrogen-bond acceptors (Lipinski definition) is 4. The van der Waals surface area contributed by atoms with E-state index < -0.39 is 0 Å². The number of piperidine rings is 1. The fraction of sp³-hybridized carbons (Fsp3) is 0.611. The molecule has 0 aromatic heterocycles. The molecule has 0 atom stereocenters. The summed E-state index contributed by atoms with van der Waals surface area (Å²) in [7, 11) is 2.22. The summed E-state index contributed by atoms with van der Waals surface area (Å²) in [5.41, 5.74) is 2.04. The summed E-state index contributed by atoms with van der Waals surface area (Å²) < 4.78 is 0. The summed E-state index contributed by atoms with van der Waals surface area (Å²) in [6.07, 6.45) is 2.62. The normalized spacial score (nSPS) is 22.0. The van der Waals surface area contributed by atoms with E-state index in [0.717, 1.165) is 37.8 Å². The van der Waals surface area contributed by atoms with E-state index in [2.05, 4.69) is 33.9 Å². The van der Waals surface area contributed by atoms with Gasteiger partial charge in [0.05, 0.1) is 0 Å². The first kappa shape index (κ1) is 15.5. The predicted molar refractivity (Wildman–Crippen MR) is 90.8 cm³/mol. The van der Waals surface area contributed by atoms with Crippen LogP contribution in [0.25, 0.3) is 0 Å². The number of Topliss-reactive ketones (excluding diaryl/α,β-unsaturated/α-hetero) is 1. The summed E-state index contributed by atoms with van der Waals surface area (Å²) in [5.74, 6) is 0.138. The van der Waals surface area contributed by atoms with Crippen LogP contribution in [0.2, 0.25) is 0 Å². The van der Waals surface area contributed by atoms with Crippen molar-refractivity contribution in [1.82, 2.24) is 9.80 Å². The Kier molecular flexibility index (Phi) is 4.79. The molecule has 1 aromatic carbocycles. The molecule has 0 unspecified atom stereocenters. The van der Waals surface area contributed by atoms with Crippen molar-refractivity contribution in [2.75, 3.05) is 51.2 Å². The molecule has 120 valence electrons. The Morgan fingerprint density at radius 2 is 1.55 bits per heavy atom. The van der Waals surface area contributed by atoms with E-state index in [4.69, 9.17) is 0 Å². The Labute approximate surface area is 133 Å². The summed E-state index contributed by atoms with van der Waals surface area (Å²) in [4.78, 5) is 18.9. The Bertz CT molecular complexity index is 498. The number of anilines is 1. The van der Waals surface area contributed by atoms with Gasteiger partial charge in [0.2, 0.25) is 0 Å². The molecule has 3 rings (SSSR count). The largest absolute Gasteiger partial charge is 0.369 e. The SMILES string of the molecule is CC(=O)c1ccc(N2CCN(C3CCN(C)CC3)CC2)cc1. The third-order valence-electron chi connectivity index (χ3n) is 5.16. The lowest BCUT2D eigenvalue weighted by atomic mass is 10.0. The highest BCUT2D eigenvalue weighted by Crippen LogP contribution is 2.21. The van der Waals surface area contributed by atoms with Gasteiger partial charge in [-0.2, -0.15) is 0 Å². The van der Waals surface area contributed by atoms with Gasteiger partial charge in [-0.05, 0) is 64.2 Å². The minimum absolute atomic E-state index is 0.138. The molecule has 0 bridgehead atoms. The molecule has 2 fully saturated rings. The first-order valence-corrected chi connectivity index (χ1v) is 8.42. The molecule has 1 aromatic rings. The van der Waals surface area contributed by atoms with Gasteiger partial charge in [-0.15, -0.1) is 0 Å². The maximum absolute atomic E-state index is 11.4. The smallest absolute Gasteiger partial charge is 0.159 e. The van der Waals surface area contributed by atoms with Gasteiger partial charge < -0.3 is 9.80 Å². The molecule has 2 saturated heterocycles. The van der Waals surface area contributed by atoms with Crippen molar-refractivity contribution in [3.05, 3.63) is 29.8 Å². The van der Waals surface area contributed by atoms with Gasteiger partial charge in [0.25, 0.3) is 0 Å². The zero-order chi connectivity index (χ0) is 15.5. The highest BCUT2D eigenvalue weighted by atomic mass is 16.1. The number of ketones is 1. The van der Waals surface area contributed by atoms with Crippen molar-refractivity contribution < 1.29 is 4.79 Å². The van der Waals surface area contributed by atoms with Gasteiger partial charge in [0, 0.05) is 43.5 Å². The second-order valence-corrected chi connectivity index (χ2v) is 6.66. The monoisotopic (exact) mass is 301 g/mol. The summed E-state index contributed by atoms with van der Waals surface area (Å²) >= 11 is 0. The number of carbonyl (C=O) groups is 1. The first-order chi connectivity index (χ1) is 10.6. The van der Waals surface area contributed by atoms with Gasteiger partial charge in [0.1, 0.15) is 0 Å². The Balaban J connectivity index is 1.54. The van der Waals surface area contributed by atoms with E-state index in [1.54, 1.807) is 6.92 Å². The molecule has 0 saturated carbocycles. The highest BCUT2D eigenvalue weighted by Gasteiger charge is 2.26. The molecule has 0 radical (unpaired) electrons. The summed E-state index contributed by atoms with van der Waals surface area (Å²) in [6, 6.07) is 8.84. The van der Waals surface area contributed by atoms with Gasteiger partial charge in [0.15, 0.2) is 5.78 Å². The summed E-state index contributed by atoms with van der Waals surface area (Å²) in [6.45, 7) is 8.58. The van der Waals surface area contributed by atoms with E-state index >= 15 is 0 Å². The van der Waals surface area contributed by atoms with Crippen molar-refractivity contribution in [2.24, 2.45) is 0 Å². The molecule has 22 heavy (non-hydrogen) atoms. The lowest BCUT2D eigenvalue weighted by Crippen LogP contribution is -2.53. The first-order valence-electron chi connectivity index (χ1n) is 8.42. The maximum atomic E-state index is 11.4. The van der Waals surface area contributed by atoms with Crippen LogP contribution in [0, 0.1) is 0 Å². The number of likely N-dealkylation sites (tertiary alicyclic amines) is 1. The van der Waals surface area contributed by atoms with Gasteiger partial charge in [-0.1, -0.05) is 0 Å². The molecule has 0 amide bonds. The molecule has 2 aliphatic rings. The lowest BCUT2D eigenvalue weighted by Gasteiger charge is -2.42. The fourth-order valence-corrected chi connectivity index (χ4v) is 3.61. The van der Waals surface area contributed by atoms with Gasteiger partial charge in [-0.25, -0.2) is 0 Å². The van der Waals surface area contributed by atoms with Crippen LogP contribution in [0.5, 0.6) is 0 Å². The third kappa shape index (κ3) is 3.50. The van der Waals surface area contributed by atoms with Crippen LogP contribution in [0.15, 0.2) is 24.3 Å². The van der Waals surface area contributed by atoms with Crippen LogP contribution >= 0.6 is 0 Å². The van der Waals surface area contributed by atoms with Crippen LogP contribution in [0.4, 0.5) is 5.69 Å². The van der Waals surface area contributed by atoms with Crippen LogP contribution in [0.1, 0.15) is 30.1 Å². The highest BCUT2D eigenvalue weighted by molar-refractivity contribution is 5.94. The van der Waals surface area contributed by atoms with Gasteiger partial charge >= 0.3 is 0 Å². The van der Waals surface area contributed by atoms with Crippen molar-refractivity contribution in [3.63, 3.8) is 0 Å². The molecular weight excluding hydrogens is 274 g/mol. The number of nitrogens with zero attached hydrogens (tertiary/aromatic N) is 3. The Morgan fingerprint density at radius 3 is 2.09 bits per heavy atom. The van der Waals surface area contributed by atoms with Crippen LogP contribution < -0.4 is 4.90 Å². The second-order valence-electron chi connectivity index (χ2n) is 6.66. The number of hydrogen-bond donors (Lipinski definition) is 0. The summed E-state index contributed by atoms with van der Waals surface area (Å²) in [5, 5.41) is 0. The second kappa shape index (κ2) is 6.80. The van der Waals surface area contributed by atoms with Crippen molar-refractivity contribution in [1.29, 1.82) is 0 Å². The third-order valence-corrected chi connectivity index (χ3v) is 5.16. The van der Waals surface area contributed by atoms with E-state index in [9.17, 15) is 4.79 Å². The molecule has 0 aliphatic carbocycles. The van der Waals surface area contributed by atoms with Crippen molar-refractivity contribution in [3.8, 4) is 0 Å². The quantitative estimate of drug-likeness (QED) is 0.799. The molecule has 0 N–H and O–H groups in total. The van der Waals surface area contributed by atoms with Crippen molar-refractivity contribution >= 4 is 11.5 Å². The minimum Gasteiger partial charge on any atom is -0.369 e. The number of carbonyl (C=O) groups excluding carboxylic acids is 1.